The van der Waals surface area contributed by atoms with E-state index in [0.717, 1.165) is 31.4 Å². The molecule has 2 atom stereocenters. The minimum atomic E-state index is -0.539. The molecule has 6 heteroatoms. The first-order valence-corrected chi connectivity index (χ1v) is 11.6. The van der Waals surface area contributed by atoms with Gasteiger partial charge in [0.05, 0.1) is 0 Å². The van der Waals surface area contributed by atoms with Crippen LogP contribution >= 0.6 is 0 Å². The predicted octanol–water partition coefficient (Wildman–Crippen LogP) is 4.91. The zero-order valence-electron chi connectivity index (χ0n) is 19.9. The number of nitrogens with zero attached hydrogens (tertiary/aromatic N) is 1. The summed E-state index contributed by atoms with van der Waals surface area (Å²) < 4.78 is 11.1. The smallest absolute Gasteiger partial charge is 0.407 e. The fourth-order valence-corrected chi connectivity index (χ4v) is 3.54. The Morgan fingerprint density at radius 3 is 2.45 bits per heavy atom. The van der Waals surface area contributed by atoms with Gasteiger partial charge >= 0.3 is 12.1 Å². The fourth-order valence-electron chi connectivity index (χ4n) is 3.54. The van der Waals surface area contributed by atoms with Crippen molar-refractivity contribution >= 4 is 12.1 Å². The van der Waals surface area contributed by atoms with Crippen LogP contribution in [-0.2, 0) is 20.9 Å². The zero-order valence-corrected chi connectivity index (χ0v) is 19.9. The summed E-state index contributed by atoms with van der Waals surface area (Å²) in [5.74, 6) is 0.446. The third-order valence-electron chi connectivity index (χ3n) is 5.23. The van der Waals surface area contributed by atoms with Crippen molar-refractivity contribution in [3.8, 4) is 0 Å². The van der Waals surface area contributed by atoms with E-state index in [0.29, 0.717) is 12.5 Å². The second-order valence-corrected chi connectivity index (χ2v) is 9.70. The molecule has 1 aromatic rings. The van der Waals surface area contributed by atoms with E-state index >= 15 is 0 Å². The lowest BCUT2D eigenvalue weighted by Crippen LogP contribution is -2.50. The van der Waals surface area contributed by atoms with Crippen LogP contribution in [0.4, 0.5) is 4.79 Å². The number of amides is 1. The lowest BCUT2D eigenvalue weighted by atomic mass is 10.1. The lowest BCUT2D eigenvalue weighted by molar-refractivity contribution is -0.152. The molecule has 1 aromatic carbocycles. The van der Waals surface area contributed by atoms with E-state index in [4.69, 9.17) is 9.47 Å². The molecule has 1 N–H and O–H groups in total. The third kappa shape index (κ3) is 10.2. The van der Waals surface area contributed by atoms with Gasteiger partial charge in [-0.05, 0) is 58.4 Å². The minimum Gasteiger partial charge on any atom is -0.460 e. The molecule has 0 heterocycles. The van der Waals surface area contributed by atoms with Crippen LogP contribution in [0.2, 0.25) is 0 Å². The van der Waals surface area contributed by atoms with Gasteiger partial charge in [-0.1, -0.05) is 50.1 Å². The summed E-state index contributed by atoms with van der Waals surface area (Å²) in [6.45, 7) is 11.4. The minimum absolute atomic E-state index is 0.139. The molecule has 1 amide bonds. The van der Waals surface area contributed by atoms with E-state index in [1.807, 2.05) is 58.0 Å². The molecule has 174 valence electrons. The number of unbranched alkanes of at least 4 members (excludes halogenated alkanes) is 1. The Bertz CT molecular complexity index is 683. The number of benzene rings is 1. The van der Waals surface area contributed by atoms with Crippen LogP contribution in [0.15, 0.2) is 30.3 Å². The Morgan fingerprint density at radius 2 is 1.87 bits per heavy atom. The van der Waals surface area contributed by atoms with E-state index in [-0.39, 0.29) is 24.7 Å². The number of rotatable bonds is 12. The number of ether oxygens (including phenoxy) is 2. The molecule has 1 fully saturated rings. The number of alkyl carbamates (subject to hydrolysis) is 1. The summed E-state index contributed by atoms with van der Waals surface area (Å²) in [5.41, 5.74) is 0.446. The first-order valence-electron chi connectivity index (χ1n) is 11.6. The topological polar surface area (TPSA) is 67.9 Å². The Hall–Kier alpha value is -2.08. The monoisotopic (exact) mass is 432 g/mol. The summed E-state index contributed by atoms with van der Waals surface area (Å²) in [5, 5.41) is 2.91. The van der Waals surface area contributed by atoms with Crippen LogP contribution in [0.1, 0.15) is 72.3 Å². The van der Waals surface area contributed by atoms with Crippen LogP contribution in [0.25, 0.3) is 0 Å². The van der Waals surface area contributed by atoms with E-state index in [2.05, 4.69) is 17.1 Å². The molecule has 2 rings (SSSR count). The maximum Gasteiger partial charge on any atom is 0.407 e. The Labute approximate surface area is 187 Å². The number of carbonyl (C=O) groups excluding carboxylic acids is 2. The number of nitrogens with one attached hydrogen (secondary N) is 1. The van der Waals surface area contributed by atoms with Crippen molar-refractivity contribution in [2.75, 3.05) is 13.1 Å². The molecule has 0 aromatic heterocycles. The maximum absolute atomic E-state index is 13.1. The summed E-state index contributed by atoms with van der Waals surface area (Å²) in [6, 6.07) is 9.33. The second-order valence-electron chi connectivity index (χ2n) is 9.70. The molecule has 1 aliphatic rings. The number of hydrogen-bond donors (Lipinski definition) is 1. The van der Waals surface area contributed by atoms with E-state index < -0.39 is 11.7 Å². The largest absolute Gasteiger partial charge is 0.460 e. The van der Waals surface area contributed by atoms with Crippen molar-refractivity contribution in [3.05, 3.63) is 35.9 Å². The lowest BCUT2D eigenvalue weighted by Gasteiger charge is -2.33. The summed E-state index contributed by atoms with van der Waals surface area (Å²) >= 11 is 0. The van der Waals surface area contributed by atoms with Crippen molar-refractivity contribution in [1.29, 1.82) is 0 Å². The van der Waals surface area contributed by atoms with Gasteiger partial charge in [-0.15, -0.1) is 0 Å². The fraction of sp³-hybridized carbons (Fsp3) is 0.680. The number of carbonyl (C=O) groups is 2. The quantitative estimate of drug-likeness (QED) is 0.475. The molecule has 0 saturated heterocycles. The van der Waals surface area contributed by atoms with Gasteiger partial charge in [0, 0.05) is 19.1 Å². The first kappa shape index (κ1) is 25.2. The standard InChI is InChI=1S/C25H40N2O4/c1-6-7-13-22(23(28)30-18-21-11-9-8-10-12-21)27(17-20-14-15-20)16-19(2)26-24(29)31-25(3,4)5/h8-12,19-20,22H,6-7,13-18H2,1-5H3,(H,26,29)/t19-,22+/m1/s1. The number of esters is 1. The van der Waals surface area contributed by atoms with Gasteiger partial charge in [-0.3, -0.25) is 9.69 Å². The molecule has 0 spiro atoms. The SMILES string of the molecule is CCCC[C@@H](C(=O)OCc1ccccc1)N(CC1CC1)C[C@@H](C)NC(=O)OC(C)(C)C. The normalized spacial score (nSPS) is 15.9. The first-order chi connectivity index (χ1) is 14.7. The van der Waals surface area contributed by atoms with Gasteiger partial charge in [0.2, 0.25) is 0 Å². The summed E-state index contributed by atoms with van der Waals surface area (Å²) in [6.07, 6.45) is 4.71. The molecule has 0 radical (unpaired) electrons. The average Bonchev–Trinajstić information content (AvgIpc) is 3.49. The number of hydrogen-bond acceptors (Lipinski definition) is 5. The highest BCUT2D eigenvalue weighted by Crippen LogP contribution is 2.31. The van der Waals surface area contributed by atoms with Crippen molar-refractivity contribution in [2.45, 2.75) is 91.0 Å². The van der Waals surface area contributed by atoms with Gasteiger partial charge in [0.15, 0.2) is 0 Å². The van der Waals surface area contributed by atoms with E-state index in [1.165, 1.54) is 12.8 Å². The Balaban J connectivity index is 2.02. The highest BCUT2D eigenvalue weighted by Gasteiger charge is 2.33. The van der Waals surface area contributed by atoms with Crippen LogP contribution in [-0.4, -0.2) is 47.7 Å². The van der Waals surface area contributed by atoms with Crippen molar-refractivity contribution in [2.24, 2.45) is 5.92 Å². The Kier molecular flexibility index (Phi) is 9.82. The van der Waals surface area contributed by atoms with Crippen molar-refractivity contribution in [1.82, 2.24) is 10.2 Å². The average molecular weight is 433 g/mol. The molecule has 0 bridgehead atoms. The third-order valence-corrected chi connectivity index (χ3v) is 5.23. The Morgan fingerprint density at radius 1 is 1.19 bits per heavy atom. The molecule has 1 aliphatic carbocycles. The van der Waals surface area contributed by atoms with Crippen LogP contribution in [0.3, 0.4) is 0 Å². The van der Waals surface area contributed by atoms with Gasteiger partial charge in [0.25, 0.3) is 0 Å². The zero-order chi connectivity index (χ0) is 22.9. The molecule has 31 heavy (non-hydrogen) atoms. The van der Waals surface area contributed by atoms with Crippen molar-refractivity contribution < 1.29 is 19.1 Å². The molecule has 0 unspecified atom stereocenters. The molecule has 1 saturated carbocycles. The molecule has 0 aliphatic heterocycles. The van der Waals surface area contributed by atoms with Crippen LogP contribution in [0.5, 0.6) is 0 Å². The highest BCUT2D eigenvalue weighted by molar-refractivity contribution is 5.75. The van der Waals surface area contributed by atoms with E-state index in [1.54, 1.807) is 0 Å². The molecular weight excluding hydrogens is 392 g/mol. The molecular formula is C25H40N2O4. The van der Waals surface area contributed by atoms with Gasteiger partial charge in [0.1, 0.15) is 18.2 Å². The van der Waals surface area contributed by atoms with Gasteiger partial charge in [-0.2, -0.15) is 0 Å². The second kappa shape index (κ2) is 12.1. The summed E-state index contributed by atoms with van der Waals surface area (Å²) in [4.78, 5) is 27.5. The van der Waals surface area contributed by atoms with Crippen LogP contribution in [0, 0.1) is 5.92 Å². The predicted molar refractivity (Wildman–Crippen MR) is 123 cm³/mol. The van der Waals surface area contributed by atoms with E-state index in [9.17, 15) is 9.59 Å². The van der Waals surface area contributed by atoms with Crippen molar-refractivity contribution in [3.63, 3.8) is 0 Å². The van der Waals surface area contributed by atoms with Crippen LogP contribution < -0.4 is 5.32 Å². The summed E-state index contributed by atoms with van der Waals surface area (Å²) in [7, 11) is 0. The van der Waals surface area contributed by atoms with Gasteiger partial charge in [-0.25, -0.2) is 4.79 Å². The maximum atomic E-state index is 13.1. The van der Waals surface area contributed by atoms with Gasteiger partial charge < -0.3 is 14.8 Å². The molecule has 6 nitrogen and oxygen atoms in total. The highest BCUT2D eigenvalue weighted by atomic mass is 16.6.